The summed E-state index contributed by atoms with van der Waals surface area (Å²) in [5.41, 5.74) is -0.470. The summed E-state index contributed by atoms with van der Waals surface area (Å²) in [7, 11) is 0. The highest BCUT2D eigenvalue weighted by atomic mass is 79.9. The molecule has 1 rings (SSSR count). The highest BCUT2D eigenvalue weighted by molar-refractivity contribution is 9.10. The third-order valence-electron chi connectivity index (χ3n) is 1.76. The first kappa shape index (κ1) is 11.5. The lowest BCUT2D eigenvalue weighted by atomic mass is 10.0. The van der Waals surface area contributed by atoms with Crippen LogP contribution in [0.1, 0.15) is 23.2 Å². The van der Waals surface area contributed by atoms with E-state index in [4.69, 9.17) is 10.5 Å². The number of hydrogen-bond donors (Lipinski definition) is 0. The van der Waals surface area contributed by atoms with E-state index in [0.717, 1.165) is 6.20 Å². The number of nitriles is 2. The lowest BCUT2D eigenvalue weighted by Gasteiger charge is -2.08. The molecule has 0 atom stereocenters. The SMILES string of the molecule is N#CCc1c(C#N)ncc(Br)c1C(F)F. The van der Waals surface area contributed by atoms with Crippen LogP contribution in [0.5, 0.6) is 0 Å². The number of hydrogen-bond acceptors (Lipinski definition) is 3. The lowest BCUT2D eigenvalue weighted by molar-refractivity contribution is 0.149. The molecule has 0 aliphatic rings. The number of rotatable bonds is 2. The van der Waals surface area contributed by atoms with Crippen LogP contribution in [0, 0.1) is 22.7 Å². The van der Waals surface area contributed by atoms with Gasteiger partial charge in [0.2, 0.25) is 0 Å². The van der Waals surface area contributed by atoms with Gasteiger partial charge in [0.05, 0.1) is 12.5 Å². The highest BCUT2D eigenvalue weighted by Crippen LogP contribution is 2.31. The Labute approximate surface area is 93.1 Å². The Morgan fingerprint density at radius 2 is 2.13 bits per heavy atom. The summed E-state index contributed by atoms with van der Waals surface area (Å²) in [6, 6.07) is 3.42. The molecule has 15 heavy (non-hydrogen) atoms. The Hall–Kier alpha value is -1.53. The van der Waals surface area contributed by atoms with E-state index in [2.05, 4.69) is 20.9 Å². The largest absolute Gasteiger partial charge is 0.265 e. The fraction of sp³-hybridized carbons (Fsp3) is 0.222. The van der Waals surface area contributed by atoms with Crippen molar-refractivity contribution in [3.8, 4) is 12.1 Å². The van der Waals surface area contributed by atoms with Gasteiger partial charge < -0.3 is 0 Å². The molecule has 0 aromatic carbocycles. The van der Waals surface area contributed by atoms with Gasteiger partial charge in [-0.1, -0.05) is 0 Å². The highest BCUT2D eigenvalue weighted by Gasteiger charge is 2.20. The van der Waals surface area contributed by atoms with Gasteiger partial charge in [-0.05, 0) is 15.9 Å². The summed E-state index contributed by atoms with van der Waals surface area (Å²) >= 11 is 2.92. The van der Waals surface area contributed by atoms with Crippen molar-refractivity contribution in [1.29, 1.82) is 10.5 Å². The van der Waals surface area contributed by atoms with Gasteiger partial charge in [-0.3, -0.25) is 0 Å². The summed E-state index contributed by atoms with van der Waals surface area (Å²) in [5.74, 6) is 0. The normalized spacial score (nSPS) is 9.73. The predicted octanol–water partition coefficient (Wildman–Crippen LogP) is 2.72. The molecule has 0 fully saturated rings. The molecule has 0 aliphatic carbocycles. The number of halogens is 3. The van der Waals surface area contributed by atoms with Crippen molar-refractivity contribution in [3.63, 3.8) is 0 Å². The molecule has 3 nitrogen and oxygen atoms in total. The Bertz CT molecular complexity index is 460. The number of alkyl halides is 2. The van der Waals surface area contributed by atoms with E-state index in [1.807, 2.05) is 0 Å². The summed E-state index contributed by atoms with van der Waals surface area (Å²) in [6.45, 7) is 0. The van der Waals surface area contributed by atoms with E-state index in [0.29, 0.717) is 0 Å². The Morgan fingerprint density at radius 1 is 1.47 bits per heavy atom. The maximum atomic E-state index is 12.7. The Morgan fingerprint density at radius 3 is 2.60 bits per heavy atom. The molecule has 1 aromatic heterocycles. The zero-order valence-electron chi connectivity index (χ0n) is 7.34. The molecule has 0 saturated heterocycles. The van der Waals surface area contributed by atoms with Crippen LogP contribution in [0.15, 0.2) is 10.7 Å². The maximum Gasteiger partial charge on any atom is 0.265 e. The second-order valence-electron chi connectivity index (χ2n) is 2.59. The van der Waals surface area contributed by atoms with Gasteiger partial charge in [0.25, 0.3) is 6.43 Å². The van der Waals surface area contributed by atoms with Crippen LogP contribution < -0.4 is 0 Å². The van der Waals surface area contributed by atoms with Crippen LogP contribution >= 0.6 is 15.9 Å². The van der Waals surface area contributed by atoms with Crippen molar-refractivity contribution in [2.75, 3.05) is 0 Å². The third kappa shape index (κ3) is 2.28. The summed E-state index contributed by atoms with van der Waals surface area (Å²) < 4.78 is 25.4. The van der Waals surface area contributed by atoms with E-state index < -0.39 is 6.43 Å². The smallest absolute Gasteiger partial charge is 0.244 e. The minimum atomic E-state index is -2.74. The lowest BCUT2D eigenvalue weighted by Crippen LogP contribution is -2.01. The monoisotopic (exact) mass is 271 g/mol. The predicted molar refractivity (Wildman–Crippen MR) is 50.9 cm³/mol. The molecule has 1 aromatic rings. The Kier molecular flexibility index (Phi) is 3.70. The molecule has 0 amide bonds. The van der Waals surface area contributed by atoms with Gasteiger partial charge in [0.15, 0.2) is 0 Å². The summed E-state index contributed by atoms with van der Waals surface area (Å²) in [5, 5.41) is 17.1. The quantitative estimate of drug-likeness (QED) is 0.831. The second-order valence-corrected chi connectivity index (χ2v) is 3.45. The van der Waals surface area contributed by atoms with Crippen molar-refractivity contribution in [2.24, 2.45) is 0 Å². The number of pyridine rings is 1. The molecule has 1 heterocycles. The van der Waals surface area contributed by atoms with Gasteiger partial charge in [-0.25, -0.2) is 13.8 Å². The molecule has 0 N–H and O–H groups in total. The van der Waals surface area contributed by atoms with Gasteiger partial charge in [0.1, 0.15) is 11.8 Å². The van der Waals surface area contributed by atoms with E-state index >= 15 is 0 Å². The van der Waals surface area contributed by atoms with Gasteiger partial charge in [0, 0.05) is 21.8 Å². The standard InChI is InChI=1S/C9H4BrF2N3/c10-6-4-15-7(3-14)5(1-2-13)8(6)9(11)12/h4,9H,1H2. The fourth-order valence-corrected chi connectivity index (χ4v) is 1.65. The molecule has 0 radical (unpaired) electrons. The van der Waals surface area contributed by atoms with Gasteiger partial charge in [-0.2, -0.15) is 10.5 Å². The average Bonchev–Trinajstić information content (AvgIpc) is 2.18. The van der Waals surface area contributed by atoms with E-state index in [1.54, 1.807) is 12.1 Å². The Balaban J connectivity index is 3.47. The van der Waals surface area contributed by atoms with Crippen LogP contribution in [0.2, 0.25) is 0 Å². The van der Waals surface area contributed by atoms with Crippen molar-refractivity contribution < 1.29 is 8.78 Å². The molecule has 0 aliphatic heterocycles. The van der Waals surface area contributed by atoms with Gasteiger partial charge in [-0.15, -0.1) is 0 Å². The maximum absolute atomic E-state index is 12.7. The van der Waals surface area contributed by atoms with Crippen LogP contribution in [0.3, 0.4) is 0 Å². The van der Waals surface area contributed by atoms with Crippen molar-refractivity contribution in [3.05, 3.63) is 27.5 Å². The summed E-state index contributed by atoms with van der Waals surface area (Å²) in [4.78, 5) is 3.67. The molecular formula is C9H4BrF2N3. The first-order valence-electron chi connectivity index (χ1n) is 3.84. The molecule has 0 unspecified atom stereocenters. The second kappa shape index (κ2) is 4.81. The number of nitrogens with zero attached hydrogens (tertiary/aromatic N) is 3. The summed E-state index contributed by atoms with van der Waals surface area (Å²) in [6.07, 6.45) is -1.85. The average molecular weight is 272 g/mol. The van der Waals surface area contributed by atoms with Crippen molar-refractivity contribution in [1.82, 2.24) is 4.98 Å². The molecule has 0 spiro atoms. The molecular weight excluding hydrogens is 268 g/mol. The van der Waals surface area contributed by atoms with Crippen LogP contribution in [0.25, 0.3) is 0 Å². The van der Waals surface area contributed by atoms with E-state index in [1.165, 1.54) is 0 Å². The first-order chi connectivity index (χ1) is 7.11. The number of aromatic nitrogens is 1. The van der Waals surface area contributed by atoms with E-state index in [-0.39, 0.29) is 27.7 Å². The molecule has 76 valence electrons. The third-order valence-corrected chi connectivity index (χ3v) is 2.39. The first-order valence-corrected chi connectivity index (χ1v) is 4.63. The van der Waals surface area contributed by atoms with E-state index in [9.17, 15) is 8.78 Å². The van der Waals surface area contributed by atoms with Crippen LogP contribution in [0.4, 0.5) is 8.78 Å². The van der Waals surface area contributed by atoms with Crippen molar-refractivity contribution in [2.45, 2.75) is 12.8 Å². The van der Waals surface area contributed by atoms with Crippen LogP contribution in [-0.4, -0.2) is 4.98 Å². The molecule has 0 saturated carbocycles. The zero-order valence-corrected chi connectivity index (χ0v) is 8.92. The van der Waals surface area contributed by atoms with Crippen LogP contribution in [-0.2, 0) is 6.42 Å². The minimum Gasteiger partial charge on any atom is -0.244 e. The zero-order chi connectivity index (χ0) is 11.4. The topological polar surface area (TPSA) is 60.5 Å². The fourth-order valence-electron chi connectivity index (χ4n) is 1.13. The minimum absolute atomic E-state index is 0.00984. The van der Waals surface area contributed by atoms with Gasteiger partial charge >= 0.3 is 0 Å². The molecule has 6 heteroatoms. The molecule has 0 bridgehead atoms. The van der Waals surface area contributed by atoms with Crippen molar-refractivity contribution >= 4 is 15.9 Å².